The molecule has 1 unspecified atom stereocenters. The van der Waals surface area contributed by atoms with Gasteiger partial charge >= 0.3 is 5.97 Å². The number of nitrogens with zero attached hydrogens (tertiary/aromatic N) is 3. The molecule has 2 aromatic rings. The van der Waals surface area contributed by atoms with E-state index >= 15 is 0 Å². The van der Waals surface area contributed by atoms with Crippen LogP contribution >= 0.6 is 0 Å². The second-order valence-corrected chi connectivity index (χ2v) is 7.39. The second-order valence-electron chi connectivity index (χ2n) is 7.39. The minimum Gasteiger partial charge on any atom is -0.463 e. The van der Waals surface area contributed by atoms with Gasteiger partial charge in [-0.2, -0.15) is 5.10 Å². The number of fused-ring (bicyclic) bond motifs is 2. The van der Waals surface area contributed by atoms with E-state index in [0.717, 1.165) is 5.69 Å². The molecule has 2 aromatic heterocycles. The number of nitrogen functional groups attached to an aromatic ring is 1. The molecule has 10 nitrogen and oxygen atoms in total. The van der Waals surface area contributed by atoms with Crippen LogP contribution in [0.1, 0.15) is 26.5 Å². The summed E-state index contributed by atoms with van der Waals surface area (Å²) in [6.07, 6.45) is -0.107. The quantitative estimate of drug-likeness (QED) is 0.738. The average Bonchev–Trinajstić information content (AvgIpc) is 3.35. The van der Waals surface area contributed by atoms with Crippen LogP contribution in [0.5, 0.6) is 0 Å². The van der Waals surface area contributed by atoms with Gasteiger partial charge in [0.05, 0.1) is 11.6 Å². The number of nitrogens with two attached hydrogens (primary N) is 1. The Balaban J connectivity index is 1.67. The van der Waals surface area contributed by atoms with Gasteiger partial charge in [0, 0.05) is 7.11 Å². The fourth-order valence-electron chi connectivity index (χ4n) is 3.71. The van der Waals surface area contributed by atoms with E-state index in [2.05, 4.69) is 10.1 Å². The summed E-state index contributed by atoms with van der Waals surface area (Å²) in [7, 11) is 1.50. The summed E-state index contributed by atoms with van der Waals surface area (Å²) >= 11 is 0. The van der Waals surface area contributed by atoms with E-state index in [-0.39, 0.29) is 18.5 Å². The lowest BCUT2D eigenvalue weighted by molar-refractivity contribution is -0.264. The number of hydrogen-bond acceptors (Lipinski definition) is 9. The van der Waals surface area contributed by atoms with Gasteiger partial charge in [0.15, 0.2) is 5.82 Å². The van der Waals surface area contributed by atoms with Crippen molar-refractivity contribution in [1.82, 2.24) is 14.6 Å². The van der Waals surface area contributed by atoms with Gasteiger partial charge in [-0.05, 0) is 19.1 Å². The largest absolute Gasteiger partial charge is 0.463 e. The zero-order chi connectivity index (χ0) is 20.1. The number of rotatable bonds is 5. The van der Waals surface area contributed by atoms with Crippen LogP contribution in [-0.2, 0) is 34.1 Å². The Hall–Kier alpha value is -2.27. The first-order chi connectivity index (χ1) is 13.3. The molecule has 0 aliphatic carbocycles. The summed E-state index contributed by atoms with van der Waals surface area (Å²) in [5.41, 5.74) is 6.41. The molecule has 4 rings (SSSR count). The number of hydrogen-bond donors (Lipinski definition) is 1. The van der Waals surface area contributed by atoms with Gasteiger partial charge in [-0.25, -0.2) is 9.50 Å². The van der Waals surface area contributed by atoms with Crippen LogP contribution in [0.25, 0.3) is 5.52 Å². The topological polar surface area (TPSA) is 119 Å². The third-order valence-corrected chi connectivity index (χ3v) is 5.17. The van der Waals surface area contributed by atoms with Gasteiger partial charge in [-0.3, -0.25) is 4.79 Å². The molecule has 0 amide bonds. The summed E-state index contributed by atoms with van der Waals surface area (Å²) in [6.45, 7) is 4.66. The van der Waals surface area contributed by atoms with E-state index in [1.54, 1.807) is 18.4 Å². The van der Waals surface area contributed by atoms with E-state index in [1.165, 1.54) is 13.4 Å². The molecule has 2 saturated heterocycles. The van der Waals surface area contributed by atoms with Crippen molar-refractivity contribution in [2.75, 3.05) is 19.5 Å². The highest BCUT2D eigenvalue weighted by atomic mass is 16.9. The monoisotopic (exact) mass is 392 g/mol. The van der Waals surface area contributed by atoms with Crippen molar-refractivity contribution in [3.05, 3.63) is 24.2 Å². The first-order valence-electron chi connectivity index (χ1n) is 9.12. The predicted octanol–water partition coefficient (Wildman–Crippen LogP) is 0.839. The first-order valence-corrected chi connectivity index (χ1v) is 9.12. The lowest BCUT2D eigenvalue weighted by Gasteiger charge is -2.29. The zero-order valence-electron chi connectivity index (χ0n) is 16.2. The van der Waals surface area contributed by atoms with Crippen molar-refractivity contribution in [1.29, 1.82) is 0 Å². The number of aromatic nitrogens is 3. The van der Waals surface area contributed by atoms with Gasteiger partial charge in [-0.15, -0.1) is 0 Å². The maximum absolute atomic E-state index is 11.9. The molecule has 0 spiro atoms. The highest BCUT2D eigenvalue weighted by Gasteiger charge is 2.61. The van der Waals surface area contributed by atoms with Crippen LogP contribution in [0.3, 0.4) is 0 Å². The van der Waals surface area contributed by atoms with Crippen LogP contribution in [0.4, 0.5) is 5.82 Å². The molecule has 0 aromatic carbocycles. The van der Waals surface area contributed by atoms with Crippen molar-refractivity contribution >= 4 is 17.3 Å². The molecule has 5 atom stereocenters. The fraction of sp³-hybridized carbons (Fsp3) is 0.611. The lowest BCUT2D eigenvalue weighted by atomic mass is 9.93. The van der Waals surface area contributed by atoms with E-state index < -0.39 is 30.4 Å². The Kier molecular flexibility index (Phi) is 4.74. The van der Waals surface area contributed by atoms with Crippen LogP contribution in [-0.4, -0.2) is 59.1 Å². The Bertz CT molecular complexity index is 886. The molecule has 0 bridgehead atoms. The van der Waals surface area contributed by atoms with E-state index in [1.807, 2.05) is 19.1 Å². The highest BCUT2D eigenvalue weighted by Crippen LogP contribution is 2.47. The number of anilines is 1. The molecule has 0 saturated carbocycles. The fourth-order valence-corrected chi connectivity index (χ4v) is 3.71. The number of ether oxygens (including phenoxy) is 5. The Morgan fingerprint density at radius 2 is 2.18 bits per heavy atom. The highest BCUT2D eigenvalue weighted by molar-refractivity contribution is 5.71. The maximum Gasteiger partial charge on any atom is 0.308 e. The Morgan fingerprint density at radius 3 is 2.89 bits per heavy atom. The molecule has 152 valence electrons. The van der Waals surface area contributed by atoms with Gasteiger partial charge < -0.3 is 29.4 Å². The summed E-state index contributed by atoms with van der Waals surface area (Å²) in [4.78, 5) is 15.9. The smallest absolute Gasteiger partial charge is 0.308 e. The van der Waals surface area contributed by atoms with Gasteiger partial charge in [0.1, 0.15) is 42.4 Å². The van der Waals surface area contributed by atoms with Crippen molar-refractivity contribution in [3.8, 4) is 0 Å². The standard InChI is InChI=1S/C18H24N4O6/c1-9(2)16(23)25-7-11-13-14(27-17(24-4)26-13)18(3,28-11)12-6-5-10-15(19)20-8-21-22(10)12/h5-6,8-9,11,13-14,17H,7H2,1-4H3,(H2,19,20,21)/t11-,13-,14-,17?,18+/m1/s1. The van der Waals surface area contributed by atoms with Crippen LogP contribution in [0.15, 0.2) is 18.5 Å². The Morgan fingerprint density at radius 1 is 1.39 bits per heavy atom. The Labute approximate surface area is 161 Å². The third-order valence-electron chi connectivity index (χ3n) is 5.17. The number of esters is 1. The van der Waals surface area contributed by atoms with Gasteiger partial charge in [-0.1, -0.05) is 13.8 Å². The van der Waals surface area contributed by atoms with E-state index in [4.69, 9.17) is 29.4 Å². The number of methoxy groups -OCH3 is 1. The van der Waals surface area contributed by atoms with Crippen molar-refractivity contribution in [2.45, 2.75) is 51.2 Å². The summed E-state index contributed by atoms with van der Waals surface area (Å²) < 4.78 is 30.4. The maximum atomic E-state index is 11.9. The van der Waals surface area contributed by atoms with Crippen LogP contribution < -0.4 is 5.73 Å². The minimum atomic E-state index is -0.930. The first kappa shape index (κ1) is 19.1. The minimum absolute atomic E-state index is 0.0496. The third kappa shape index (κ3) is 2.93. The molecular weight excluding hydrogens is 368 g/mol. The lowest BCUT2D eigenvalue weighted by Crippen LogP contribution is -2.38. The number of carbonyl (C=O) groups excluding carboxylic acids is 1. The normalized spacial score (nSPS) is 32.2. The molecule has 2 aliphatic heterocycles. The van der Waals surface area contributed by atoms with Crippen molar-refractivity contribution in [3.63, 3.8) is 0 Å². The molecule has 10 heteroatoms. The molecule has 0 radical (unpaired) electrons. The predicted molar refractivity (Wildman–Crippen MR) is 96.0 cm³/mol. The van der Waals surface area contributed by atoms with E-state index in [9.17, 15) is 4.79 Å². The van der Waals surface area contributed by atoms with Crippen molar-refractivity contribution < 1.29 is 28.5 Å². The van der Waals surface area contributed by atoms with Crippen LogP contribution in [0, 0.1) is 5.92 Å². The van der Waals surface area contributed by atoms with Crippen LogP contribution in [0.2, 0.25) is 0 Å². The molecule has 28 heavy (non-hydrogen) atoms. The molecular formula is C18H24N4O6. The SMILES string of the molecule is COC1O[C@H]2[C@@H](O1)[C@](C)(c1ccc3c(N)ncnn13)O[C@@H]2COC(=O)C(C)C. The molecule has 2 aliphatic rings. The van der Waals surface area contributed by atoms with Crippen molar-refractivity contribution in [2.24, 2.45) is 5.92 Å². The number of carbonyl (C=O) groups is 1. The van der Waals surface area contributed by atoms with E-state index in [0.29, 0.717) is 11.3 Å². The van der Waals surface area contributed by atoms with Gasteiger partial charge in [0.25, 0.3) is 6.48 Å². The average molecular weight is 392 g/mol. The molecule has 2 fully saturated rings. The summed E-state index contributed by atoms with van der Waals surface area (Å²) in [5.74, 6) is -0.171. The summed E-state index contributed by atoms with van der Waals surface area (Å²) in [6, 6.07) is 3.69. The zero-order valence-corrected chi connectivity index (χ0v) is 16.2. The second kappa shape index (κ2) is 6.96. The summed E-state index contributed by atoms with van der Waals surface area (Å²) in [5, 5.41) is 4.30. The van der Waals surface area contributed by atoms with Gasteiger partial charge in [0.2, 0.25) is 0 Å². The molecule has 4 heterocycles. The molecule has 2 N–H and O–H groups in total.